The minimum atomic E-state index is 0.476. The van der Waals surface area contributed by atoms with Crippen molar-refractivity contribution in [1.29, 1.82) is 0 Å². The molecular weight excluding hydrogens is 252 g/mol. The van der Waals surface area contributed by atoms with Crippen LogP contribution >= 0.6 is 0 Å². The van der Waals surface area contributed by atoms with Crippen molar-refractivity contribution in [2.45, 2.75) is 45.2 Å². The summed E-state index contributed by atoms with van der Waals surface area (Å²) in [7, 11) is 0. The largest absolute Gasteiger partial charge is 0.351 e. The average Bonchev–Trinajstić information content (AvgIpc) is 2.47. The number of hydrazine groups is 1. The molecular formula is C14H24N6. The van der Waals surface area contributed by atoms with Crippen molar-refractivity contribution in [3.05, 3.63) is 11.9 Å². The molecule has 0 amide bonds. The number of anilines is 2. The number of nitrogens with two attached hydrogens (primary N) is 1. The molecule has 1 aromatic rings. The molecule has 0 spiro atoms. The Hall–Kier alpha value is -1.40. The molecule has 0 aromatic carbocycles. The third-order valence-electron chi connectivity index (χ3n) is 4.65. The number of nitrogens with zero attached hydrogens (tertiary/aromatic N) is 4. The molecule has 2 unspecified atom stereocenters. The Morgan fingerprint density at radius 2 is 2.15 bits per heavy atom. The van der Waals surface area contributed by atoms with Gasteiger partial charge in [-0.2, -0.15) is 0 Å². The van der Waals surface area contributed by atoms with Crippen molar-refractivity contribution in [2.24, 2.45) is 5.84 Å². The van der Waals surface area contributed by atoms with Crippen LogP contribution in [0, 0.1) is 6.92 Å². The van der Waals surface area contributed by atoms with Gasteiger partial charge in [0.25, 0.3) is 0 Å². The molecule has 110 valence electrons. The van der Waals surface area contributed by atoms with Crippen LogP contribution in [0.2, 0.25) is 0 Å². The van der Waals surface area contributed by atoms with E-state index in [1.807, 2.05) is 6.92 Å². The summed E-state index contributed by atoms with van der Waals surface area (Å²) in [5, 5.41) is 0. The van der Waals surface area contributed by atoms with Gasteiger partial charge in [0, 0.05) is 30.7 Å². The smallest absolute Gasteiger partial charge is 0.148 e. The first-order valence-electron chi connectivity index (χ1n) is 7.49. The second-order valence-electron chi connectivity index (χ2n) is 5.96. The van der Waals surface area contributed by atoms with Crippen molar-refractivity contribution in [3.63, 3.8) is 0 Å². The van der Waals surface area contributed by atoms with Crippen LogP contribution in [0.25, 0.3) is 0 Å². The van der Waals surface area contributed by atoms with Crippen LogP contribution < -0.4 is 16.2 Å². The number of fused-ring (bicyclic) bond motifs is 1. The third kappa shape index (κ3) is 2.33. The van der Waals surface area contributed by atoms with Gasteiger partial charge >= 0.3 is 0 Å². The van der Waals surface area contributed by atoms with E-state index in [4.69, 9.17) is 5.84 Å². The molecule has 0 aliphatic carbocycles. The highest BCUT2D eigenvalue weighted by Gasteiger charge is 2.34. The number of hydrogen-bond donors (Lipinski definition) is 2. The number of nitrogen functional groups attached to an aromatic ring is 1. The number of nitrogens with one attached hydrogen (secondary N) is 1. The topological polar surface area (TPSA) is 70.3 Å². The molecule has 2 atom stereocenters. The van der Waals surface area contributed by atoms with Crippen LogP contribution in [0.3, 0.4) is 0 Å². The maximum Gasteiger partial charge on any atom is 0.148 e. The second-order valence-corrected chi connectivity index (χ2v) is 5.96. The van der Waals surface area contributed by atoms with E-state index in [0.29, 0.717) is 17.9 Å². The molecule has 0 radical (unpaired) electrons. The van der Waals surface area contributed by atoms with Gasteiger partial charge in [-0.1, -0.05) is 6.42 Å². The number of piperazine rings is 1. The van der Waals surface area contributed by atoms with E-state index >= 15 is 0 Å². The van der Waals surface area contributed by atoms with Crippen molar-refractivity contribution < 1.29 is 0 Å². The van der Waals surface area contributed by atoms with Crippen LogP contribution in [0.4, 0.5) is 11.6 Å². The molecule has 0 saturated carbocycles. The summed E-state index contributed by atoms with van der Waals surface area (Å²) in [5.74, 6) is 7.26. The van der Waals surface area contributed by atoms with Crippen LogP contribution in [0.1, 0.15) is 31.7 Å². The summed E-state index contributed by atoms with van der Waals surface area (Å²) in [5.41, 5.74) is 3.69. The second kappa shape index (κ2) is 5.54. The Bertz CT molecular complexity index is 477. The average molecular weight is 276 g/mol. The van der Waals surface area contributed by atoms with Gasteiger partial charge in [-0.05, 0) is 33.2 Å². The predicted molar refractivity (Wildman–Crippen MR) is 80.6 cm³/mol. The van der Waals surface area contributed by atoms with E-state index < -0.39 is 0 Å². The molecule has 6 nitrogen and oxygen atoms in total. The number of piperidine rings is 1. The maximum atomic E-state index is 5.52. The first-order valence-corrected chi connectivity index (χ1v) is 7.49. The van der Waals surface area contributed by atoms with E-state index in [1.165, 1.54) is 25.8 Å². The van der Waals surface area contributed by atoms with Gasteiger partial charge in [-0.3, -0.25) is 4.90 Å². The lowest BCUT2D eigenvalue weighted by atomic mass is 9.97. The van der Waals surface area contributed by atoms with Crippen LogP contribution in [-0.2, 0) is 0 Å². The zero-order valence-corrected chi connectivity index (χ0v) is 12.3. The SMILES string of the molecule is Cc1c(NN)ncnc1N1CC2CCCCN2CC1C. The van der Waals surface area contributed by atoms with Gasteiger partial charge < -0.3 is 10.3 Å². The quantitative estimate of drug-likeness (QED) is 0.623. The molecule has 1 aromatic heterocycles. The molecule has 2 aliphatic rings. The molecule has 0 bridgehead atoms. The summed E-state index contributed by atoms with van der Waals surface area (Å²) in [6.45, 7) is 7.75. The highest BCUT2D eigenvalue weighted by atomic mass is 15.3. The number of hydrogen-bond acceptors (Lipinski definition) is 6. The summed E-state index contributed by atoms with van der Waals surface area (Å²) in [6.07, 6.45) is 5.59. The fourth-order valence-corrected chi connectivity index (χ4v) is 3.52. The fourth-order valence-electron chi connectivity index (χ4n) is 3.52. The molecule has 3 rings (SSSR count). The van der Waals surface area contributed by atoms with Crippen molar-refractivity contribution in [1.82, 2.24) is 14.9 Å². The van der Waals surface area contributed by atoms with Crippen molar-refractivity contribution >= 4 is 11.6 Å². The Kier molecular flexibility index (Phi) is 3.76. The first kappa shape index (κ1) is 13.6. The summed E-state index contributed by atoms with van der Waals surface area (Å²) in [6, 6.07) is 1.15. The van der Waals surface area contributed by atoms with Gasteiger partial charge in [0.15, 0.2) is 0 Å². The van der Waals surface area contributed by atoms with Gasteiger partial charge in [-0.15, -0.1) is 0 Å². The highest BCUT2D eigenvalue weighted by Crippen LogP contribution is 2.30. The van der Waals surface area contributed by atoms with Crippen LogP contribution in [0.15, 0.2) is 6.33 Å². The molecule has 6 heteroatoms. The minimum absolute atomic E-state index is 0.476. The Balaban J connectivity index is 1.86. The van der Waals surface area contributed by atoms with Crippen LogP contribution in [0.5, 0.6) is 0 Å². The van der Waals surface area contributed by atoms with Gasteiger partial charge in [-0.25, -0.2) is 15.8 Å². The summed E-state index contributed by atoms with van der Waals surface area (Å²) in [4.78, 5) is 13.7. The first-order chi connectivity index (χ1) is 9.70. The Morgan fingerprint density at radius 3 is 2.95 bits per heavy atom. The number of rotatable bonds is 2. The Morgan fingerprint density at radius 1 is 1.30 bits per heavy atom. The Labute approximate surface area is 120 Å². The monoisotopic (exact) mass is 276 g/mol. The van der Waals surface area contributed by atoms with Crippen LogP contribution in [-0.4, -0.2) is 46.6 Å². The van der Waals surface area contributed by atoms with Gasteiger partial charge in [0.05, 0.1) is 0 Å². The molecule has 3 heterocycles. The molecule has 20 heavy (non-hydrogen) atoms. The van der Waals surface area contributed by atoms with Gasteiger partial charge in [0.2, 0.25) is 0 Å². The van der Waals surface area contributed by atoms with E-state index in [-0.39, 0.29) is 0 Å². The number of aromatic nitrogens is 2. The fraction of sp³-hybridized carbons (Fsp3) is 0.714. The lowest BCUT2D eigenvalue weighted by molar-refractivity contribution is 0.115. The third-order valence-corrected chi connectivity index (χ3v) is 4.65. The van der Waals surface area contributed by atoms with Gasteiger partial charge in [0.1, 0.15) is 18.0 Å². The molecule has 2 fully saturated rings. The predicted octanol–water partition coefficient (Wildman–Crippen LogP) is 1.13. The van der Waals surface area contributed by atoms with E-state index in [0.717, 1.165) is 24.5 Å². The lowest BCUT2D eigenvalue weighted by Gasteiger charge is -2.48. The zero-order valence-electron chi connectivity index (χ0n) is 12.3. The van der Waals surface area contributed by atoms with E-state index in [9.17, 15) is 0 Å². The van der Waals surface area contributed by atoms with Crippen molar-refractivity contribution in [3.8, 4) is 0 Å². The summed E-state index contributed by atoms with van der Waals surface area (Å²) < 4.78 is 0. The molecule has 3 N–H and O–H groups in total. The normalized spacial score (nSPS) is 27.2. The molecule has 2 aliphatic heterocycles. The van der Waals surface area contributed by atoms with E-state index in [1.54, 1.807) is 6.33 Å². The molecule has 2 saturated heterocycles. The zero-order chi connectivity index (χ0) is 14.1. The summed E-state index contributed by atoms with van der Waals surface area (Å²) >= 11 is 0. The van der Waals surface area contributed by atoms with Crippen molar-refractivity contribution in [2.75, 3.05) is 30.0 Å². The standard InChI is InChI=1S/C14H24N6/c1-10-7-19-6-4-3-5-12(19)8-20(10)14-11(2)13(18-15)16-9-17-14/h9-10,12H,3-8,15H2,1-2H3,(H,16,17,18). The minimum Gasteiger partial charge on any atom is -0.351 e. The van der Waals surface area contributed by atoms with E-state index in [2.05, 4.69) is 32.1 Å². The maximum absolute atomic E-state index is 5.52. The lowest BCUT2D eigenvalue weighted by Crippen LogP contribution is -2.59. The highest BCUT2D eigenvalue weighted by molar-refractivity contribution is 5.58.